The van der Waals surface area contributed by atoms with Crippen LogP contribution in [0.5, 0.6) is 0 Å². The molecule has 0 spiro atoms. The largest absolute Gasteiger partial charge is 0.475 e. The summed E-state index contributed by atoms with van der Waals surface area (Å²) in [5.74, 6) is -2.73. The highest BCUT2D eigenvalue weighted by Gasteiger charge is 2.09. The summed E-state index contributed by atoms with van der Waals surface area (Å²) in [6, 6.07) is 6.48. The lowest BCUT2D eigenvalue weighted by molar-refractivity contribution is 0.0656. The number of aromatic carboxylic acids is 1. The van der Waals surface area contributed by atoms with E-state index in [2.05, 4.69) is 0 Å². The molecule has 0 unspecified atom stereocenters. The lowest BCUT2D eigenvalue weighted by atomic mass is 10.2. The van der Waals surface area contributed by atoms with E-state index in [9.17, 15) is 13.6 Å². The molecule has 0 bridgehead atoms. The summed E-state index contributed by atoms with van der Waals surface area (Å²) in [6.07, 6.45) is 0. The number of furan rings is 1. The first-order valence-electron chi connectivity index (χ1n) is 4.96. The summed E-state index contributed by atoms with van der Waals surface area (Å²) in [4.78, 5) is 10.6. The molecule has 18 heavy (non-hydrogen) atoms. The highest BCUT2D eigenvalue weighted by Crippen LogP contribution is 2.25. The molecule has 2 aromatic rings. The Labute approximate surface area is 105 Å². The Balaban J connectivity index is 2.02. The molecule has 1 aromatic carbocycles. The first kappa shape index (κ1) is 12.6. The second-order valence-corrected chi connectivity index (χ2v) is 4.44. The van der Waals surface area contributed by atoms with Gasteiger partial charge in [0.05, 0.1) is 0 Å². The van der Waals surface area contributed by atoms with Crippen LogP contribution in [0.2, 0.25) is 0 Å². The first-order valence-corrected chi connectivity index (χ1v) is 5.94. The summed E-state index contributed by atoms with van der Waals surface area (Å²) in [7, 11) is 0. The topological polar surface area (TPSA) is 50.4 Å². The molecule has 0 amide bonds. The third-order valence-electron chi connectivity index (χ3n) is 2.16. The van der Waals surface area contributed by atoms with E-state index in [-0.39, 0.29) is 5.76 Å². The second-order valence-electron chi connectivity index (χ2n) is 3.46. The van der Waals surface area contributed by atoms with Gasteiger partial charge < -0.3 is 9.52 Å². The van der Waals surface area contributed by atoms with Crippen LogP contribution in [0.3, 0.4) is 0 Å². The Bertz CT molecular complexity index is 580. The zero-order chi connectivity index (χ0) is 13.1. The third kappa shape index (κ3) is 2.89. The number of hydrogen-bond donors (Lipinski definition) is 1. The summed E-state index contributed by atoms with van der Waals surface area (Å²) < 4.78 is 30.6. The highest BCUT2D eigenvalue weighted by molar-refractivity contribution is 7.98. The molecule has 6 heteroatoms. The quantitative estimate of drug-likeness (QED) is 0.863. The molecule has 94 valence electrons. The van der Waals surface area contributed by atoms with Gasteiger partial charge in [0, 0.05) is 5.75 Å². The number of halogens is 2. The summed E-state index contributed by atoms with van der Waals surface area (Å²) in [5, 5.41) is 9.07. The van der Waals surface area contributed by atoms with Crippen molar-refractivity contribution in [3.8, 4) is 0 Å². The average Bonchev–Trinajstić information content (AvgIpc) is 2.79. The standard InChI is InChI=1S/C12H8F2O3S/c13-8-2-1-7(5-9(8)14)6-18-11-4-3-10(17-11)12(15)16/h1-5H,6H2,(H,15,16). The van der Waals surface area contributed by atoms with Crippen LogP contribution in [0.1, 0.15) is 16.1 Å². The molecule has 0 fully saturated rings. The monoisotopic (exact) mass is 270 g/mol. The van der Waals surface area contributed by atoms with E-state index in [1.54, 1.807) is 0 Å². The fourth-order valence-corrected chi connectivity index (χ4v) is 2.10. The number of carboxylic acid groups (broad SMARTS) is 1. The SMILES string of the molecule is O=C(O)c1ccc(SCc2ccc(F)c(F)c2)o1. The van der Waals surface area contributed by atoms with Crippen molar-refractivity contribution in [3.05, 3.63) is 53.3 Å². The summed E-state index contributed by atoms with van der Waals surface area (Å²) in [5.41, 5.74) is 0.590. The van der Waals surface area contributed by atoms with Gasteiger partial charge in [0.2, 0.25) is 5.76 Å². The molecule has 1 heterocycles. The van der Waals surface area contributed by atoms with Crippen molar-refractivity contribution in [2.45, 2.75) is 10.8 Å². The first-order chi connectivity index (χ1) is 8.56. The third-order valence-corrected chi connectivity index (χ3v) is 3.14. The molecule has 0 atom stereocenters. The lowest BCUT2D eigenvalue weighted by Crippen LogP contribution is -1.91. The van der Waals surface area contributed by atoms with E-state index in [0.29, 0.717) is 16.4 Å². The van der Waals surface area contributed by atoms with Crippen molar-refractivity contribution in [1.82, 2.24) is 0 Å². The van der Waals surface area contributed by atoms with Gasteiger partial charge in [0.15, 0.2) is 16.7 Å². The number of carbonyl (C=O) groups is 1. The highest BCUT2D eigenvalue weighted by atomic mass is 32.2. The van der Waals surface area contributed by atoms with E-state index in [0.717, 1.165) is 12.1 Å². The molecule has 3 nitrogen and oxygen atoms in total. The van der Waals surface area contributed by atoms with Crippen LogP contribution in [0.15, 0.2) is 39.8 Å². The molecular weight excluding hydrogens is 262 g/mol. The fraction of sp³-hybridized carbons (Fsp3) is 0.0833. The van der Waals surface area contributed by atoms with Crippen LogP contribution in [0, 0.1) is 11.6 Å². The van der Waals surface area contributed by atoms with Crippen molar-refractivity contribution in [2.24, 2.45) is 0 Å². The Morgan fingerprint density at radius 2 is 2.00 bits per heavy atom. The average molecular weight is 270 g/mol. The Hall–Kier alpha value is -1.82. The Morgan fingerprint density at radius 1 is 1.22 bits per heavy atom. The van der Waals surface area contributed by atoms with Gasteiger partial charge >= 0.3 is 5.97 Å². The Morgan fingerprint density at radius 3 is 2.61 bits per heavy atom. The molecule has 1 N–H and O–H groups in total. The molecule has 0 saturated carbocycles. The van der Waals surface area contributed by atoms with E-state index in [4.69, 9.17) is 9.52 Å². The van der Waals surface area contributed by atoms with Crippen LogP contribution < -0.4 is 0 Å². The minimum Gasteiger partial charge on any atom is -0.475 e. The van der Waals surface area contributed by atoms with E-state index in [1.165, 1.54) is 30.0 Å². The van der Waals surface area contributed by atoms with E-state index >= 15 is 0 Å². The maximum absolute atomic E-state index is 12.9. The molecule has 2 rings (SSSR count). The minimum atomic E-state index is -1.14. The van der Waals surface area contributed by atoms with Crippen LogP contribution >= 0.6 is 11.8 Å². The Kier molecular flexibility index (Phi) is 3.66. The van der Waals surface area contributed by atoms with Crippen LogP contribution in [0.4, 0.5) is 8.78 Å². The van der Waals surface area contributed by atoms with Gasteiger partial charge in [-0.2, -0.15) is 0 Å². The predicted molar refractivity (Wildman–Crippen MR) is 61.6 cm³/mol. The van der Waals surface area contributed by atoms with Crippen molar-refractivity contribution in [3.63, 3.8) is 0 Å². The molecule has 0 aliphatic heterocycles. The number of rotatable bonds is 4. The maximum Gasteiger partial charge on any atom is 0.371 e. The molecule has 0 aliphatic carbocycles. The van der Waals surface area contributed by atoms with E-state index < -0.39 is 17.6 Å². The van der Waals surface area contributed by atoms with Crippen molar-refractivity contribution >= 4 is 17.7 Å². The van der Waals surface area contributed by atoms with E-state index in [1.807, 2.05) is 0 Å². The second kappa shape index (κ2) is 5.22. The van der Waals surface area contributed by atoms with Gasteiger partial charge in [-0.05, 0) is 29.8 Å². The number of benzene rings is 1. The van der Waals surface area contributed by atoms with Crippen molar-refractivity contribution in [1.29, 1.82) is 0 Å². The molecular formula is C12H8F2O3S. The van der Waals surface area contributed by atoms with Crippen molar-refractivity contribution in [2.75, 3.05) is 0 Å². The number of hydrogen-bond acceptors (Lipinski definition) is 3. The van der Waals surface area contributed by atoms with Gasteiger partial charge in [-0.15, -0.1) is 0 Å². The van der Waals surface area contributed by atoms with Gasteiger partial charge in [-0.25, -0.2) is 13.6 Å². The normalized spacial score (nSPS) is 10.6. The summed E-state index contributed by atoms with van der Waals surface area (Å²) >= 11 is 1.21. The van der Waals surface area contributed by atoms with Gasteiger partial charge in [0.1, 0.15) is 0 Å². The maximum atomic E-state index is 12.9. The lowest BCUT2D eigenvalue weighted by Gasteiger charge is -2.00. The summed E-state index contributed by atoms with van der Waals surface area (Å²) in [6.45, 7) is 0. The zero-order valence-corrected chi connectivity index (χ0v) is 9.84. The van der Waals surface area contributed by atoms with Crippen LogP contribution in [-0.2, 0) is 5.75 Å². The van der Waals surface area contributed by atoms with Crippen molar-refractivity contribution < 1.29 is 23.1 Å². The van der Waals surface area contributed by atoms with Gasteiger partial charge in [0.25, 0.3) is 0 Å². The van der Waals surface area contributed by atoms with Crippen LogP contribution in [0.25, 0.3) is 0 Å². The molecule has 0 radical (unpaired) electrons. The van der Waals surface area contributed by atoms with Gasteiger partial charge in [-0.1, -0.05) is 17.8 Å². The smallest absolute Gasteiger partial charge is 0.371 e. The fourth-order valence-electron chi connectivity index (χ4n) is 1.30. The van der Waals surface area contributed by atoms with Gasteiger partial charge in [-0.3, -0.25) is 0 Å². The predicted octanol–water partition coefficient (Wildman–Crippen LogP) is 3.55. The molecule has 0 aliphatic rings. The number of thioether (sulfide) groups is 1. The molecule has 0 saturated heterocycles. The zero-order valence-electron chi connectivity index (χ0n) is 9.02. The van der Waals surface area contributed by atoms with Crippen LogP contribution in [-0.4, -0.2) is 11.1 Å². The number of carboxylic acids is 1. The molecule has 1 aromatic heterocycles. The minimum absolute atomic E-state index is 0.150.